The molecule has 0 aromatic rings. The number of aliphatic hydroxyl groups is 1. The lowest BCUT2D eigenvalue weighted by molar-refractivity contribution is 0.111. The Kier molecular flexibility index (Phi) is 5.51. The molecule has 0 bridgehead atoms. The van der Waals surface area contributed by atoms with E-state index in [2.05, 4.69) is 11.5 Å². The first-order chi connectivity index (χ1) is 6.33. The Labute approximate surface area is 85.0 Å². The summed E-state index contributed by atoms with van der Waals surface area (Å²) in [6, 6.07) is 0. The lowest BCUT2D eigenvalue weighted by atomic mass is 10.2. The molecule has 0 aromatic carbocycles. The summed E-state index contributed by atoms with van der Waals surface area (Å²) >= 11 is 2.00. The van der Waals surface area contributed by atoms with Crippen LogP contribution in [0.5, 0.6) is 0 Å². The van der Waals surface area contributed by atoms with Crippen molar-refractivity contribution in [1.29, 1.82) is 0 Å². The van der Waals surface area contributed by atoms with Crippen LogP contribution in [-0.2, 0) is 0 Å². The summed E-state index contributed by atoms with van der Waals surface area (Å²) < 4.78 is 0. The molecule has 1 unspecified atom stereocenters. The van der Waals surface area contributed by atoms with Gasteiger partial charge in [-0.15, -0.1) is 6.58 Å². The Hall–Kier alpha value is 0.0100. The van der Waals surface area contributed by atoms with E-state index in [1.807, 2.05) is 17.8 Å². The third kappa shape index (κ3) is 4.69. The van der Waals surface area contributed by atoms with Gasteiger partial charge in [-0.05, 0) is 12.8 Å². The van der Waals surface area contributed by atoms with E-state index in [4.69, 9.17) is 0 Å². The third-order valence-corrected chi connectivity index (χ3v) is 3.22. The van der Waals surface area contributed by atoms with Gasteiger partial charge >= 0.3 is 0 Å². The number of aliphatic hydroxyl groups excluding tert-OH is 1. The highest BCUT2D eigenvalue weighted by Crippen LogP contribution is 2.10. The standard InChI is InChI=1S/C10H19NOS/c1-2-3-4-10(12)9-11-5-7-13-8-6-11/h2,10,12H,1,3-9H2. The SMILES string of the molecule is C=CCCC(O)CN1CCSCC1. The van der Waals surface area contributed by atoms with Crippen molar-refractivity contribution in [3.05, 3.63) is 12.7 Å². The van der Waals surface area contributed by atoms with Gasteiger partial charge < -0.3 is 5.11 Å². The molecule has 1 fully saturated rings. The monoisotopic (exact) mass is 201 g/mol. The summed E-state index contributed by atoms with van der Waals surface area (Å²) in [7, 11) is 0. The fourth-order valence-corrected chi connectivity index (χ4v) is 2.46. The molecule has 76 valence electrons. The molecule has 2 nitrogen and oxygen atoms in total. The highest BCUT2D eigenvalue weighted by Gasteiger charge is 2.13. The Bertz CT molecular complexity index is 146. The van der Waals surface area contributed by atoms with Crippen LogP contribution in [-0.4, -0.2) is 47.3 Å². The minimum absolute atomic E-state index is 0.166. The quantitative estimate of drug-likeness (QED) is 0.679. The van der Waals surface area contributed by atoms with Gasteiger partial charge in [0.2, 0.25) is 0 Å². The van der Waals surface area contributed by atoms with Crippen LogP contribution in [0.3, 0.4) is 0 Å². The van der Waals surface area contributed by atoms with Crippen molar-refractivity contribution < 1.29 is 5.11 Å². The van der Waals surface area contributed by atoms with E-state index >= 15 is 0 Å². The second-order valence-corrected chi connectivity index (χ2v) is 4.66. The van der Waals surface area contributed by atoms with Crippen molar-refractivity contribution in [2.24, 2.45) is 0 Å². The number of hydrogen-bond acceptors (Lipinski definition) is 3. The second kappa shape index (κ2) is 6.46. The Morgan fingerprint density at radius 3 is 2.77 bits per heavy atom. The fraction of sp³-hybridized carbons (Fsp3) is 0.800. The molecule has 1 rings (SSSR count). The van der Waals surface area contributed by atoms with Crippen LogP contribution in [0.15, 0.2) is 12.7 Å². The van der Waals surface area contributed by atoms with Gasteiger partial charge in [-0.2, -0.15) is 11.8 Å². The van der Waals surface area contributed by atoms with Crippen molar-refractivity contribution in [3.8, 4) is 0 Å². The lowest BCUT2D eigenvalue weighted by Crippen LogP contribution is -2.38. The third-order valence-electron chi connectivity index (χ3n) is 2.28. The zero-order chi connectivity index (χ0) is 9.52. The first-order valence-corrected chi connectivity index (χ1v) is 6.07. The van der Waals surface area contributed by atoms with Crippen molar-refractivity contribution in [2.75, 3.05) is 31.1 Å². The highest BCUT2D eigenvalue weighted by molar-refractivity contribution is 7.99. The van der Waals surface area contributed by atoms with E-state index in [-0.39, 0.29) is 6.10 Å². The molecule has 0 aliphatic carbocycles. The predicted octanol–water partition coefficient (Wildman–Crippen LogP) is 1.36. The number of β-amino-alcohol motifs (C(OH)–C–C–N with tert-alkyl or cyclic N) is 1. The number of thioether (sulfide) groups is 1. The van der Waals surface area contributed by atoms with E-state index in [0.717, 1.165) is 32.5 Å². The molecule has 13 heavy (non-hydrogen) atoms. The molecule has 1 N–H and O–H groups in total. The first-order valence-electron chi connectivity index (χ1n) is 4.92. The molecular weight excluding hydrogens is 182 g/mol. The second-order valence-electron chi connectivity index (χ2n) is 3.43. The Morgan fingerprint density at radius 1 is 1.46 bits per heavy atom. The summed E-state index contributed by atoms with van der Waals surface area (Å²) in [5.41, 5.74) is 0. The highest BCUT2D eigenvalue weighted by atomic mass is 32.2. The average molecular weight is 201 g/mol. The Morgan fingerprint density at radius 2 is 2.15 bits per heavy atom. The van der Waals surface area contributed by atoms with Crippen LogP contribution in [0, 0.1) is 0 Å². The zero-order valence-corrected chi connectivity index (χ0v) is 8.93. The molecule has 0 spiro atoms. The van der Waals surface area contributed by atoms with Gasteiger partial charge in [0, 0.05) is 31.1 Å². The largest absolute Gasteiger partial charge is 0.392 e. The molecule has 0 amide bonds. The smallest absolute Gasteiger partial charge is 0.0670 e. The van der Waals surface area contributed by atoms with Gasteiger partial charge in [0.05, 0.1) is 6.10 Å². The van der Waals surface area contributed by atoms with E-state index in [1.54, 1.807) is 0 Å². The van der Waals surface area contributed by atoms with Gasteiger partial charge in [0.1, 0.15) is 0 Å². The van der Waals surface area contributed by atoms with Crippen molar-refractivity contribution in [3.63, 3.8) is 0 Å². The van der Waals surface area contributed by atoms with Crippen LogP contribution < -0.4 is 0 Å². The minimum atomic E-state index is -0.166. The fourth-order valence-electron chi connectivity index (χ4n) is 1.48. The van der Waals surface area contributed by atoms with Gasteiger partial charge in [0.15, 0.2) is 0 Å². The topological polar surface area (TPSA) is 23.5 Å². The minimum Gasteiger partial charge on any atom is -0.392 e. The zero-order valence-electron chi connectivity index (χ0n) is 8.11. The average Bonchev–Trinajstić information content (AvgIpc) is 2.16. The van der Waals surface area contributed by atoms with Crippen LogP contribution >= 0.6 is 11.8 Å². The molecule has 1 aliphatic rings. The first kappa shape index (κ1) is 11.1. The molecule has 1 heterocycles. The predicted molar refractivity (Wildman–Crippen MR) is 59.2 cm³/mol. The molecule has 1 saturated heterocycles. The maximum Gasteiger partial charge on any atom is 0.0670 e. The summed E-state index contributed by atoms with van der Waals surface area (Å²) in [6.07, 6.45) is 3.48. The Balaban J connectivity index is 2.10. The van der Waals surface area contributed by atoms with Gasteiger partial charge in [-0.25, -0.2) is 0 Å². The van der Waals surface area contributed by atoms with E-state index in [9.17, 15) is 5.11 Å². The van der Waals surface area contributed by atoms with Crippen LogP contribution in [0.1, 0.15) is 12.8 Å². The van der Waals surface area contributed by atoms with Crippen LogP contribution in [0.25, 0.3) is 0 Å². The number of hydrogen-bond donors (Lipinski definition) is 1. The van der Waals surface area contributed by atoms with Gasteiger partial charge in [-0.1, -0.05) is 6.08 Å². The molecule has 3 heteroatoms. The molecule has 0 saturated carbocycles. The lowest BCUT2D eigenvalue weighted by Gasteiger charge is -2.28. The molecule has 1 atom stereocenters. The van der Waals surface area contributed by atoms with Crippen LogP contribution in [0.4, 0.5) is 0 Å². The number of allylic oxidation sites excluding steroid dienone is 1. The van der Waals surface area contributed by atoms with E-state index in [0.29, 0.717) is 0 Å². The summed E-state index contributed by atoms with van der Waals surface area (Å²) in [6.45, 7) is 6.76. The molecular formula is C10H19NOS. The summed E-state index contributed by atoms with van der Waals surface area (Å²) in [5, 5.41) is 9.64. The maximum atomic E-state index is 9.64. The van der Waals surface area contributed by atoms with Crippen LogP contribution in [0.2, 0.25) is 0 Å². The van der Waals surface area contributed by atoms with E-state index in [1.165, 1.54) is 11.5 Å². The molecule has 1 aliphatic heterocycles. The van der Waals surface area contributed by atoms with Gasteiger partial charge in [0.25, 0.3) is 0 Å². The molecule has 0 aromatic heterocycles. The van der Waals surface area contributed by atoms with Crippen molar-refractivity contribution in [2.45, 2.75) is 18.9 Å². The van der Waals surface area contributed by atoms with E-state index < -0.39 is 0 Å². The van der Waals surface area contributed by atoms with Gasteiger partial charge in [-0.3, -0.25) is 4.90 Å². The maximum absolute atomic E-state index is 9.64. The van der Waals surface area contributed by atoms with Crippen molar-refractivity contribution in [1.82, 2.24) is 4.90 Å². The van der Waals surface area contributed by atoms with Crippen molar-refractivity contribution >= 4 is 11.8 Å². The summed E-state index contributed by atoms with van der Waals surface area (Å²) in [4.78, 5) is 2.35. The normalized spacial score (nSPS) is 21.3. The number of rotatable bonds is 5. The summed E-state index contributed by atoms with van der Waals surface area (Å²) in [5.74, 6) is 2.43. The molecule has 0 radical (unpaired) electrons. The number of nitrogens with zero attached hydrogens (tertiary/aromatic N) is 1.